The van der Waals surface area contributed by atoms with Gasteiger partial charge in [0, 0.05) is 19.5 Å². The van der Waals surface area contributed by atoms with E-state index in [-0.39, 0.29) is 28.6 Å². The molecular formula is C17H23N5O6S2. The van der Waals surface area contributed by atoms with Crippen LogP contribution in [0.4, 0.5) is 5.95 Å². The van der Waals surface area contributed by atoms with Gasteiger partial charge in [-0.05, 0) is 6.42 Å². The van der Waals surface area contributed by atoms with Crippen molar-refractivity contribution in [3.05, 3.63) is 20.0 Å². The summed E-state index contributed by atoms with van der Waals surface area (Å²) >= 11 is 2.06. The lowest BCUT2D eigenvalue weighted by Crippen LogP contribution is -2.42. The van der Waals surface area contributed by atoms with Gasteiger partial charge in [0.25, 0.3) is 5.56 Å². The number of H-pyrrole nitrogens is 1. The highest BCUT2D eigenvalue weighted by Gasteiger charge is 2.43. The molecule has 4 atom stereocenters. The molecule has 4 heterocycles. The van der Waals surface area contributed by atoms with Crippen LogP contribution >= 0.6 is 23.1 Å². The van der Waals surface area contributed by atoms with E-state index in [1.165, 1.54) is 16.3 Å². The van der Waals surface area contributed by atoms with Gasteiger partial charge in [-0.2, -0.15) is 4.98 Å². The standard InChI is InChI=1S/C17H23N5O6S2/c1-2-8(23)15-28-14(9(29-15)7-10(24)21-3-5-27-6-4-21)22-12-11(30-17(22)26)13(25)20-16(18)19-12/h8-9,14-15,23H,2-7H2,1H3,(H3,18,19,20,25)/t8-,9-,14+,15-/m0/s1. The number of carbonyl (C=O) groups is 1. The Morgan fingerprint density at radius 1 is 1.40 bits per heavy atom. The number of aliphatic hydroxyl groups is 1. The maximum Gasteiger partial charge on any atom is 0.311 e. The number of rotatable bonds is 5. The van der Waals surface area contributed by atoms with Crippen molar-refractivity contribution < 1.29 is 19.4 Å². The summed E-state index contributed by atoms with van der Waals surface area (Å²) in [6.07, 6.45) is -1.05. The van der Waals surface area contributed by atoms with Crippen LogP contribution in [0.5, 0.6) is 0 Å². The Kier molecular flexibility index (Phi) is 6.16. The van der Waals surface area contributed by atoms with Gasteiger partial charge < -0.3 is 25.2 Å². The average Bonchev–Trinajstić information content (AvgIpc) is 3.28. The van der Waals surface area contributed by atoms with E-state index in [2.05, 4.69) is 9.97 Å². The molecule has 4 N–H and O–H groups in total. The zero-order valence-corrected chi connectivity index (χ0v) is 17.9. The Morgan fingerprint density at radius 3 is 2.83 bits per heavy atom. The van der Waals surface area contributed by atoms with Crippen molar-refractivity contribution in [2.45, 2.75) is 42.8 Å². The van der Waals surface area contributed by atoms with Gasteiger partial charge >= 0.3 is 4.87 Å². The van der Waals surface area contributed by atoms with E-state index in [9.17, 15) is 19.5 Å². The molecular weight excluding hydrogens is 434 g/mol. The number of nitrogens with one attached hydrogen (secondary N) is 1. The minimum atomic E-state index is -0.860. The Balaban J connectivity index is 1.69. The molecule has 0 unspecified atom stereocenters. The molecule has 2 saturated heterocycles. The predicted octanol–water partition coefficient (Wildman–Crippen LogP) is -0.295. The molecule has 2 aromatic rings. The van der Waals surface area contributed by atoms with Gasteiger partial charge in [0.15, 0.2) is 11.9 Å². The van der Waals surface area contributed by atoms with E-state index < -0.39 is 33.5 Å². The topological polar surface area (TPSA) is 153 Å². The number of carbonyl (C=O) groups excluding carboxylic acids is 1. The Morgan fingerprint density at radius 2 is 2.13 bits per heavy atom. The van der Waals surface area contributed by atoms with E-state index >= 15 is 0 Å². The molecule has 1 amide bonds. The summed E-state index contributed by atoms with van der Waals surface area (Å²) in [5, 5.41) is 9.87. The van der Waals surface area contributed by atoms with Gasteiger partial charge in [-0.15, -0.1) is 11.8 Å². The largest absolute Gasteiger partial charge is 0.390 e. The molecule has 0 radical (unpaired) electrons. The van der Waals surface area contributed by atoms with Crippen LogP contribution in [0, 0.1) is 0 Å². The number of thiazole rings is 1. The molecule has 13 heteroatoms. The minimum Gasteiger partial charge on any atom is -0.390 e. The highest BCUT2D eigenvalue weighted by atomic mass is 32.2. The second-order valence-electron chi connectivity index (χ2n) is 7.08. The maximum atomic E-state index is 12.8. The van der Waals surface area contributed by atoms with Crippen LogP contribution in [-0.2, 0) is 14.3 Å². The first-order valence-corrected chi connectivity index (χ1v) is 11.4. The SMILES string of the molecule is CC[C@H](O)[C@H]1O[C@@H](n2c(=O)sc3c(=O)[nH]c(N)nc32)[C@H](CC(=O)N2CCOCC2)S1. The first-order chi connectivity index (χ1) is 14.4. The zero-order valence-electron chi connectivity index (χ0n) is 16.3. The highest BCUT2D eigenvalue weighted by molar-refractivity contribution is 8.00. The van der Waals surface area contributed by atoms with Crippen LogP contribution in [0.1, 0.15) is 26.0 Å². The van der Waals surface area contributed by atoms with Gasteiger partial charge in [0.1, 0.15) is 10.1 Å². The summed E-state index contributed by atoms with van der Waals surface area (Å²) in [4.78, 5) is 45.6. The molecule has 0 aromatic carbocycles. The van der Waals surface area contributed by atoms with Crippen LogP contribution in [0.3, 0.4) is 0 Å². The number of morpholine rings is 1. The average molecular weight is 458 g/mol. The summed E-state index contributed by atoms with van der Waals surface area (Å²) in [6.45, 7) is 3.82. The second kappa shape index (κ2) is 8.67. The van der Waals surface area contributed by atoms with E-state index in [0.717, 1.165) is 11.3 Å². The monoisotopic (exact) mass is 457 g/mol. The number of hydrogen-bond acceptors (Lipinski definition) is 10. The summed E-state index contributed by atoms with van der Waals surface area (Å²) < 4.78 is 12.7. The number of aliphatic hydroxyl groups excluding tert-OH is 1. The minimum absolute atomic E-state index is 0.0751. The van der Waals surface area contributed by atoms with Crippen molar-refractivity contribution in [1.82, 2.24) is 19.4 Å². The molecule has 164 valence electrons. The summed E-state index contributed by atoms with van der Waals surface area (Å²) in [5.74, 6) is -0.190. The zero-order chi connectivity index (χ0) is 21.4. The summed E-state index contributed by atoms with van der Waals surface area (Å²) in [7, 11) is 0. The number of fused-ring (bicyclic) bond motifs is 1. The van der Waals surface area contributed by atoms with Gasteiger partial charge in [-0.25, -0.2) is 0 Å². The van der Waals surface area contributed by atoms with Gasteiger partial charge in [0.05, 0.1) is 24.6 Å². The molecule has 2 aliphatic rings. The van der Waals surface area contributed by atoms with Gasteiger partial charge in [-0.1, -0.05) is 18.3 Å². The first-order valence-electron chi connectivity index (χ1n) is 9.64. The normalized spacial score (nSPS) is 25.7. The lowest BCUT2D eigenvalue weighted by atomic mass is 10.2. The van der Waals surface area contributed by atoms with Crippen LogP contribution in [0.15, 0.2) is 9.59 Å². The summed E-state index contributed by atoms with van der Waals surface area (Å²) in [5.41, 5.74) is 4.68. The third-order valence-electron chi connectivity index (χ3n) is 5.12. The number of hydrogen-bond donors (Lipinski definition) is 3. The molecule has 4 rings (SSSR count). The van der Waals surface area contributed by atoms with Crippen molar-refractivity contribution in [2.75, 3.05) is 32.0 Å². The molecule has 0 aliphatic carbocycles. The van der Waals surface area contributed by atoms with E-state index in [1.54, 1.807) is 4.90 Å². The number of aromatic amines is 1. The second-order valence-corrected chi connectivity index (χ2v) is 9.39. The molecule has 11 nitrogen and oxygen atoms in total. The smallest absolute Gasteiger partial charge is 0.311 e. The fraction of sp³-hybridized carbons (Fsp3) is 0.647. The number of nitrogens with zero attached hydrogens (tertiary/aromatic N) is 3. The predicted molar refractivity (Wildman–Crippen MR) is 113 cm³/mol. The fourth-order valence-electron chi connectivity index (χ4n) is 3.53. The number of aromatic nitrogens is 3. The highest BCUT2D eigenvalue weighted by Crippen LogP contribution is 2.43. The molecule has 2 fully saturated rings. The van der Waals surface area contributed by atoms with Gasteiger partial charge in [0.2, 0.25) is 11.9 Å². The third-order valence-corrected chi connectivity index (χ3v) is 7.50. The van der Waals surface area contributed by atoms with Crippen LogP contribution in [-0.4, -0.2) is 73.5 Å². The van der Waals surface area contributed by atoms with Crippen LogP contribution in [0.25, 0.3) is 10.3 Å². The number of anilines is 1. The number of nitrogen functional groups attached to an aromatic ring is 1. The Bertz CT molecular complexity index is 1050. The third kappa shape index (κ3) is 3.99. The lowest BCUT2D eigenvalue weighted by molar-refractivity contribution is -0.136. The Labute approximate surface area is 179 Å². The van der Waals surface area contributed by atoms with Crippen molar-refractivity contribution in [1.29, 1.82) is 0 Å². The first kappa shape index (κ1) is 21.3. The van der Waals surface area contributed by atoms with Crippen molar-refractivity contribution in [2.24, 2.45) is 0 Å². The molecule has 0 spiro atoms. The van der Waals surface area contributed by atoms with Gasteiger partial charge in [-0.3, -0.25) is 23.9 Å². The maximum absolute atomic E-state index is 12.8. The van der Waals surface area contributed by atoms with E-state index in [4.69, 9.17) is 15.2 Å². The van der Waals surface area contributed by atoms with Crippen molar-refractivity contribution in [3.8, 4) is 0 Å². The fourth-order valence-corrected chi connectivity index (χ4v) is 5.83. The Hall–Kier alpha value is -1.93. The molecule has 2 aromatic heterocycles. The number of ether oxygens (including phenoxy) is 2. The van der Waals surface area contributed by atoms with E-state index in [1.807, 2.05) is 6.92 Å². The van der Waals surface area contributed by atoms with Crippen LogP contribution in [0.2, 0.25) is 0 Å². The quantitative estimate of drug-likeness (QED) is 0.549. The number of thioether (sulfide) groups is 1. The van der Waals surface area contributed by atoms with Crippen LogP contribution < -0.4 is 16.2 Å². The molecule has 0 saturated carbocycles. The number of amides is 1. The molecule has 30 heavy (non-hydrogen) atoms. The summed E-state index contributed by atoms with van der Waals surface area (Å²) in [6, 6.07) is 0. The van der Waals surface area contributed by atoms with E-state index in [0.29, 0.717) is 32.7 Å². The molecule has 2 aliphatic heterocycles. The lowest BCUT2D eigenvalue weighted by Gasteiger charge is -2.28. The van der Waals surface area contributed by atoms with Crippen molar-refractivity contribution >= 4 is 45.3 Å². The number of nitrogens with two attached hydrogens (primary N) is 1. The molecule has 0 bridgehead atoms. The van der Waals surface area contributed by atoms with Crippen molar-refractivity contribution in [3.63, 3.8) is 0 Å².